The van der Waals surface area contributed by atoms with Crippen LogP contribution >= 0.6 is 0 Å². The third-order valence-electron chi connectivity index (χ3n) is 20.0. The number of aliphatic carboxylic acids is 1. The molecule has 0 saturated carbocycles. The highest BCUT2D eigenvalue weighted by molar-refractivity contribution is 5.77. The van der Waals surface area contributed by atoms with Gasteiger partial charge in [-0.3, -0.25) is 9.59 Å². The molecule has 0 spiro atoms. The van der Waals surface area contributed by atoms with Gasteiger partial charge in [-0.25, -0.2) is 4.79 Å². The predicted octanol–water partition coefficient (Wildman–Crippen LogP) is 9.41. The van der Waals surface area contributed by atoms with E-state index in [-0.39, 0.29) is 18.9 Å². The van der Waals surface area contributed by atoms with Crippen molar-refractivity contribution in [2.24, 2.45) is 0 Å². The highest BCUT2D eigenvalue weighted by Crippen LogP contribution is 2.39. The number of carbonyl (C=O) groups excluding carboxylic acids is 2. The van der Waals surface area contributed by atoms with Gasteiger partial charge < -0.3 is 100 Å². The van der Waals surface area contributed by atoms with Crippen LogP contribution in [0.15, 0.2) is 12.2 Å². The van der Waals surface area contributed by atoms with E-state index in [0.717, 1.165) is 64.7 Å². The lowest BCUT2D eigenvalue weighted by molar-refractivity contribution is -0.386. The molecule has 0 aromatic heterocycles. The maximum absolute atomic E-state index is 13.5. The van der Waals surface area contributed by atoms with E-state index < -0.39 is 148 Å². The molecule has 18 atom stereocenters. The van der Waals surface area contributed by atoms with Crippen molar-refractivity contribution < 1.29 is 104 Å². The second kappa shape index (κ2) is 55.0. The lowest BCUT2D eigenvalue weighted by Crippen LogP contribution is -2.70. The molecule has 0 aromatic carbocycles. The number of allylic oxidation sites excluding steroid dienone is 2. The fourth-order valence-electron chi connectivity index (χ4n) is 13.8. The number of aliphatic hydroxyl groups is 11. The summed E-state index contributed by atoms with van der Waals surface area (Å²) in [5, 5.41) is 136. The molecule has 0 radical (unpaired) electrons. The van der Waals surface area contributed by atoms with Crippen LogP contribution < -0.4 is 10.6 Å². The van der Waals surface area contributed by atoms with E-state index in [4.69, 9.17) is 28.4 Å². The molecule has 0 aromatic rings. The first-order valence-corrected chi connectivity index (χ1v) is 39.0. The Labute approximate surface area is 588 Å². The quantitative estimate of drug-likeness (QED) is 0.0199. The van der Waals surface area contributed by atoms with Crippen molar-refractivity contribution >= 4 is 17.8 Å². The molecule has 14 N–H and O–H groups in total. The van der Waals surface area contributed by atoms with Crippen LogP contribution in [0.4, 0.5) is 0 Å². The van der Waals surface area contributed by atoms with Crippen LogP contribution in [0, 0.1) is 0 Å². The highest BCUT2D eigenvalue weighted by atomic mass is 16.8. The molecule has 23 nitrogen and oxygen atoms in total. The number of carboxylic acids is 1. The first-order valence-electron chi connectivity index (χ1n) is 39.0. The number of ether oxygens (including phenoxy) is 6. The van der Waals surface area contributed by atoms with E-state index in [0.29, 0.717) is 19.3 Å². The van der Waals surface area contributed by atoms with E-state index in [1.807, 2.05) is 0 Å². The molecular formula is C75H140N2O21. The van der Waals surface area contributed by atoms with Gasteiger partial charge in [-0.1, -0.05) is 264 Å². The number of carboxylic acid groups (broad SMARTS) is 1. The normalized spacial score (nSPS) is 27.3. The Morgan fingerprint density at radius 1 is 0.520 bits per heavy atom. The Morgan fingerprint density at radius 2 is 0.949 bits per heavy atom. The van der Waals surface area contributed by atoms with Gasteiger partial charge in [0.05, 0.1) is 50.7 Å². The van der Waals surface area contributed by atoms with Crippen molar-refractivity contribution in [3.8, 4) is 0 Å². The molecule has 23 heteroatoms. The minimum atomic E-state index is -3.08. The smallest absolute Gasteiger partial charge is 0.364 e. The minimum Gasteiger partial charge on any atom is -0.477 e. The standard InChI is InChI=1S/C75H140N2O21/c1-4-6-8-10-12-14-16-18-20-22-24-26-27-28-29-31-33-35-37-39-41-43-45-47-49-62(85)77-56(57(82)48-46-44-42-40-38-36-34-32-30-25-23-21-19-17-15-13-11-9-7-5-2)54-93-72-67(89)66(88)69(61(53-80)95-72)96-73-68(90)71(65(87)60(52-79)94-73)98-75(74(91)92)50-58(83)63(76-55(3)81)70(97-75)64(86)59(84)51-78/h28-29,56-61,63-73,78-80,82-84,86-90H,4-27,30-54H2,1-3H3,(H,76,81)(H,77,85)(H,91,92)/b29-28-. The van der Waals surface area contributed by atoms with Gasteiger partial charge in [0.25, 0.3) is 5.79 Å². The van der Waals surface area contributed by atoms with Crippen molar-refractivity contribution in [1.29, 1.82) is 0 Å². The van der Waals surface area contributed by atoms with Crippen molar-refractivity contribution in [2.75, 3.05) is 26.4 Å². The van der Waals surface area contributed by atoms with E-state index in [2.05, 4.69) is 36.6 Å². The third kappa shape index (κ3) is 35.8. The average molecular weight is 1410 g/mol. The van der Waals surface area contributed by atoms with Gasteiger partial charge in [0.15, 0.2) is 12.6 Å². The fraction of sp³-hybridized carbons (Fsp3) is 0.933. The van der Waals surface area contributed by atoms with Gasteiger partial charge in [-0.2, -0.15) is 0 Å². The minimum absolute atomic E-state index is 0.222. The molecular weight excluding hydrogens is 1260 g/mol. The zero-order chi connectivity index (χ0) is 71.8. The summed E-state index contributed by atoms with van der Waals surface area (Å²) in [6, 6.07) is -2.53. The number of hydrogen-bond acceptors (Lipinski definition) is 20. The van der Waals surface area contributed by atoms with Gasteiger partial charge in [0, 0.05) is 19.8 Å². The summed E-state index contributed by atoms with van der Waals surface area (Å²) in [5.74, 6) is -6.10. The van der Waals surface area contributed by atoms with Crippen LogP contribution in [0.2, 0.25) is 0 Å². The van der Waals surface area contributed by atoms with Crippen molar-refractivity contribution in [2.45, 2.75) is 420 Å². The van der Waals surface area contributed by atoms with Crippen LogP contribution in [-0.4, -0.2) is 215 Å². The molecule has 3 aliphatic heterocycles. The second-order valence-corrected chi connectivity index (χ2v) is 28.6. The zero-order valence-corrected chi connectivity index (χ0v) is 60.7. The summed E-state index contributed by atoms with van der Waals surface area (Å²) in [6.07, 6.45) is 27.7. The van der Waals surface area contributed by atoms with Crippen molar-refractivity contribution in [3.63, 3.8) is 0 Å². The summed E-state index contributed by atoms with van der Waals surface area (Å²) < 4.78 is 35.0. The van der Waals surface area contributed by atoms with Gasteiger partial charge in [-0.05, 0) is 38.5 Å². The van der Waals surface area contributed by atoms with Crippen LogP contribution in [0.25, 0.3) is 0 Å². The summed E-state index contributed by atoms with van der Waals surface area (Å²) >= 11 is 0. The monoisotopic (exact) mass is 1400 g/mol. The maximum Gasteiger partial charge on any atom is 0.364 e. The Morgan fingerprint density at radius 3 is 1.38 bits per heavy atom. The molecule has 576 valence electrons. The SMILES string of the molecule is CCCCCCCCCCCCCC/C=C\CCCCCCCCCCC(=O)NC(COC1OC(CO)C(OC2OC(CO)C(O)C(OC3(C(=O)O)CC(O)C(NC(C)=O)C(C(O)C(O)CO)O3)C2O)C(O)C1O)C(O)CCCCCCCCCCCCCCCCCCCCCC. The van der Waals surface area contributed by atoms with Gasteiger partial charge >= 0.3 is 5.97 Å². The highest BCUT2D eigenvalue weighted by Gasteiger charge is 2.60. The number of hydrogen-bond donors (Lipinski definition) is 14. The van der Waals surface area contributed by atoms with E-state index in [1.54, 1.807) is 0 Å². The Balaban J connectivity index is 1.54. The predicted molar refractivity (Wildman–Crippen MR) is 375 cm³/mol. The van der Waals surface area contributed by atoms with Gasteiger partial charge in [-0.15, -0.1) is 0 Å². The van der Waals surface area contributed by atoms with Crippen LogP contribution in [0.5, 0.6) is 0 Å². The summed E-state index contributed by atoms with van der Waals surface area (Å²) in [6.45, 7) is 2.25. The Hall–Kier alpha value is -2.53. The molecule has 3 saturated heterocycles. The lowest BCUT2D eigenvalue weighted by atomic mass is 9.88. The molecule has 3 rings (SSSR count). The number of nitrogens with one attached hydrogen (secondary N) is 2. The van der Waals surface area contributed by atoms with Gasteiger partial charge in [0.1, 0.15) is 67.1 Å². The molecule has 98 heavy (non-hydrogen) atoms. The molecule has 3 aliphatic rings. The van der Waals surface area contributed by atoms with E-state index in [1.165, 1.54) is 199 Å². The molecule has 3 heterocycles. The van der Waals surface area contributed by atoms with E-state index >= 15 is 0 Å². The Kier molecular flexibility index (Phi) is 50.4. The maximum atomic E-state index is 13.5. The van der Waals surface area contributed by atoms with E-state index in [9.17, 15) is 75.7 Å². The fourth-order valence-corrected chi connectivity index (χ4v) is 13.8. The first-order chi connectivity index (χ1) is 47.4. The summed E-state index contributed by atoms with van der Waals surface area (Å²) in [5.41, 5.74) is 0. The lowest BCUT2D eigenvalue weighted by Gasteiger charge is -2.50. The molecule has 3 fully saturated rings. The molecule has 18 unspecified atom stereocenters. The van der Waals surface area contributed by atoms with Gasteiger partial charge in [0.2, 0.25) is 11.8 Å². The number of rotatable bonds is 61. The molecule has 2 amide bonds. The number of carbonyl (C=O) groups is 3. The third-order valence-corrected chi connectivity index (χ3v) is 20.0. The van der Waals surface area contributed by atoms with Crippen LogP contribution in [-0.2, 0) is 42.8 Å². The zero-order valence-electron chi connectivity index (χ0n) is 60.7. The number of aliphatic hydroxyl groups excluding tert-OH is 11. The number of unbranched alkanes of at least 4 members (excludes halogenated alkanes) is 39. The number of amides is 2. The summed E-state index contributed by atoms with van der Waals surface area (Å²) in [7, 11) is 0. The molecule has 0 aliphatic carbocycles. The average Bonchev–Trinajstić information content (AvgIpc) is 0.757. The Bertz CT molecular complexity index is 2010. The van der Waals surface area contributed by atoms with Crippen molar-refractivity contribution in [3.05, 3.63) is 12.2 Å². The van der Waals surface area contributed by atoms with Crippen LogP contribution in [0.3, 0.4) is 0 Å². The molecule has 0 bridgehead atoms. The second-order valence-electron chi connectivity index (χ2n) is 28.6. The summed E-state index contributed by atoms with van der Waals surface area (Å²) in [4.78, 5) is 38.7. The first kappa shape index (κ1) is 89.7. The van der Waals surface area contributed by atoms with Crippen molar-refractivity contribution in [1.82, 2.24) is 10.6 Å². The van der Waals surface area contributed by atoms with Crippen LogP contribution in [0.1, 0.15) is 310 Å². The largest absolute Gasteiger partial charge is 0.477 e. The topological polar surface area (TPSA) is 373 Å².